The number of amides is 1. The minimum absolute atomic E-state index is 0.0115. The van der Waals surface area contributed by atoms with Gasteiger partial charge >= 0.3 is 12.4 Å². The second-order valence-corrected chi connectivity index (χ2v) is 11.0. The average molecular weight is 526 g/mol. The Morgan fingerprint density at radius 3 is 2.09 bits per heavy atom. The predicted molar refractivity (Wildman–Crippen MR) is 111 cm³/mol. The van der Waals surface area contributed by atoms with Gasteiger partial charge in [0.05, 0.1) is 16.0 Å². The first kappa shape index (κ1) is 26.9. The summed E-state index contributed by atoms with van der Waals surface area (Å²) in [7, 11) is -4.74. The molecule has 1 amide bonds. The molecule has 1 fully saturated rings. The highest BCUT2D eigenvalue weighted by Gasteiger charge is 2.50. The van der Waals surface area contributed by atoms with Crippen molar-refractivity contribution in [3.8, 4) is 0 Å². The Bertz CT molecular complexity index is 1180. The van der Waals surface area contributed by atoms with Crippen LogP contribution in [0.2, 0.25) is 0 Å². The van der Waals surface area contributed by atoms with E-state index in [1.165, 1.54) is 0 Å². The van der Waals surface area contributed by atoms with Crippen LogP contribution in [0.4, 0.5) is 30.7 Å². The number of hydrogen-bond donors (Lipinski definition) is 1. The van der Waals surface area contributed by atoms with Gasteiger partial charge in [0.2, 0.25) is 14.8 Å². The van der Waals surface area contributed by atoms with Gasteiger partial charge in [-0.15, -0.1) is 0 Å². The monoisotopic (exact) mass is 526 g/mol. The fourth-order valence-corrected chi connectivity index (χ4v) is 5.51. The SMILES string of the molecule is CC1(CNC(=O)c2ccc(C(F)(F)F)cn2)CCC(F)(S(=O)(=O)c2cccc(C(F)(F)F)c2)CC1. The van der Waals surface area contributed by atoms with Crippen LogP contribution in [-0.2, 0) is 22.2 Å². The van der Waals surface area contributed by atoms with Crippen molar-refractivity contribution in [3.63, 3.8) is 0 Å². The number of benzene rings is 1. The Hall–Kier alpha value is -2.70. The quantitative estimate of drug-likeness (QED) is 0.517. The number of hydrogen-bond acceptors (Lipinski definition) is 4. The lowest BCUT2D eigenvalue weighted by Crippen LogP contribution is -2.45. The second kappa shape index (κ2) is 9.07. The molecule has 1 aliphatic rings. The molecule has 192 valence electrons. The van der Waals surface area contributed by atoms with Crippen LogP contribution in [0.1, 0.15) is 54.2 Å². The molecule has 1 aromatic carbocycles. The van der Waals surface area contributed by atoms with Crippen molar-refractivity contribution in [2.75, 3.05) is 6.54 Å². The molecule has 1 N–H and O–H groups in total. The lowest BCUT2D eigenvalue weighted by molar-refractivity contribution is -0.138. The van der Waals surface area contributed by atoms with Crippen molar-refractivity contribution in [1.82, 2.24) is 10.3 Å². The number of alkyl halides is 7. The fourth-order valence-electron chi connectivity index (χ4n) is 3.80. The lowest BCUT2D eigenvalue weighted by atomic mass is 9.75. The Morgan fingerprint density at radius 1 is 0.971 bits per heavy atom. The Balaban J connectivity index is 1.66. The van der Waals surface area contributed by atoms with E-state index in [9.17, 15) is 39.6 Å². The molecule has 1 saturated carbocycles. The molecule has 1 aliphatic carbocycles. The topological polar surface area (TPSA) is 76.1 Å². The van der Waals surface area contributed by atoms with Gasteiger partial charge in [-0.25, -0.2) is 12.8 Å². The first-order chi connectivity index (χ1) is 16.0. The molecule has 35 heavy (non-hydrogen) atoms. The fraction of sp³-hybridized carbons (Fsp3) is 0.455. The summed E-state index contributed by atoms with van der Waals surface area (Å²) < 4.78 is 118. The number of aromatic nitrogens is 1. The highest BCUT2D eigenvalue weighted by Crippen LogP contribution is 2.47. The van der Waals surface area contributed by atoms with Gasteiger partial charge < -0.3 is 5.32 Å². The van der Waals surface area contributed by atoms with E-state index < -0.39 is 67.4 Å². The minimum atomic E-state index is -4.79. The van der Waals surface area contributed by atoms with Crippen molar-refractivity contribution in [2.45, 2.75) is 54.9 Å². The normalized spacial score (nSPS) is 23.7. The van der Waals surface area contributed by atoms with Crippen LogP contribution in [0.5, 0.6) is 0 Å². The number of nitrogens with one attached hydrogen (secondary N) is 1. The molecule has 13 heteroatoms. The van der Waals surface area contributed by atoms with Gasteiger partial charge in [0.15, 0.2) is 0 Å². The maximum Gasteiger partial charge on any atom is 0.417 e. The maximum absolute atomic E-state index is 15.5. The molecule has 5 nitrogen and oxygen atoms in total. The number of pyridine rings is 1. The highest BCUT2D eigenvalue weighted by atomic mass is 32.2. The number of rotatable bonds is 5. The number of halogens is 7. The summed E-state index contributed by atoms with van der Waals surface area (Å²) in [5.74, 6) is -0.756. The third-order valence-corrected chi connectivity index (χ3v) is 8.40. The summed E-state index contributed by atoms with van der Waals surface area (Å²) in [5.41, 5.74) is -3.23. The predicted octanol–water partition coefficient (Wildman–Crippen LogP) is 5.57. The summed E-state index contributed by atoms with van der Waals surface area (Å²) in [6, 6.07) is 4.53. The standard InChI is InChI=1S/C22H21F7N2O3S/c1-19(13-31-18(32)17-6-5-15(12-30-17)22(27,28)29)7-9-20(23,10-8-19)35(33,34)16-4-2-3-14(11-16)21(24,25)26/h2-6,11-12H,7-10,13H2,1H3,(H,31,32). The van der Waals surface area contributed by atoms with Crippen LogP contribution in [0.15, 0.2) is 47.5 Å². The third-order valence-electron chi connectivity index (χ3n) is 6.16. The van der Waals surface area contributed by atoms with Gasteiger partial charge in [-0.1, -0.05) is 13.0 Å². The highest BCUT2D eigenvalue weighted by molar-refractivity contribution is 7.92. The van der Waals surface area contributed by atoms with E-state index in [1.54, 1.807) is 6.92 Å². The van der Waals surface area contributed by atoms with E-state index in [1.807, 2.05) is 0 Å². The van der Waals surface area contributed by atoms with E-state index in [0.717, 1.165) is 18.2 Å². The van der Waals surface area contributed by atoms with E-state index in [2.05, 4.69) is 10.3 Å². The van der Waals surface area contributed by atoms with Crippen LogP contribution in [0, 0.1) is 5.41 Å². The van der Waals surface area contributed by atoms with Crippen LogP contribution in [0.25, 0.3) is 0 Å². The van der Waals surface area contributed by atoms with E-state index in [0.29, 0.717) is 24.4 Å². The molecule has 2 aromatic rings. The summed E-state index contributed by atoms with van der Waals surface area (Å²) >= 11 is 0. The average Bonchev–Trinajstić information content (AvgIpc) is 2.79. The molecular weight excluding hydrogens is 505 g/mol. The maximum atomic E-state index is 15.5. The van der Waals surface area contributed by atoms with E-state index in [-0.39, 0.29) is 25.1 Å². The third kappa shape index (κ3) is 5.76. The van der Waals surface area contributed by atoms with Gasteiger partial charge in [-0.2, -0.15) is 26.3 Å². The van der Waals surface area contributed by atoms with Crippen molar-refractivity contribution < 1.29 is 43.9 Å². The van der Waals surface area contributed by atoms with Gasteiger partial charge in [0.1, 0.15) is 5.69 Å². The molecule has 0 unspecified atom stereocenters. The Kier molecular flexibility index (Phi) is 6.97. The largest absolute Gasteiger partial charge is 0.417 e. The molecule has 0 atom stereocenters. The van der Waals surface area contributed by atoms with Crippen molar-refractivity contribution in [1.29, 1.82) is 0 Å². The second-order valence-electron chi connectivity index (χ2n) is 8.84. The van der Waals surface area contributed by atoms with Gasteiger partial charge in [-0.3, -0.25) is 9.78 Å². The van der Waals surface area contributed by atoms with Crippen molar-refractivity contribution >= 4 is 15.7 Å². The zero-order chi connectivity index (χ0) is 26.3. The van der Waals surface area contributed by atoms with E-state index >= 15 is 4.39 Å². The molecule has 1 aromatic heterocycles. The Labute approximate surface area is 196 Å². The Morgan fingerprint density at radius 2 is 1.57 bits per heavy atom. The summed E-state index contributed by atoms with van der Waals surface area (Å²) in [5, 5.41) is -0.272. The molecule has 0 spiro atoms. The first-order valence-corrected chi connectivity index (χ1v) is 11.9. The van der Waals surface area contributed by atoms with Crippen LogP contribution >= 0.6 is 0 Å². The molecule has 0 bridgehead atoms. The minimum Gasteiger partial charge on any atom is -0.350 e. The molecule has 0 radical (unpaired) electrons. The van der Waals surface area contributed by atoms with Crippen LogP contribution < -0.4 is 5.32 Å². The van der Waals surface area contributed by atoms with Crippen LogP contribution in [-0.4, -0.2) is 30.9 Å². The zero-order valence-corrected chi connectivity index (χ0v) is 19.1. The summed E-state index contributed by atoms with van der Waals surface area (Å²) in [6.45, 7) is 1.64. The molecule has 0 saturated heterocycles. The molecule has 3 rings (SSSR count). The number of nitrogens with zero attached hydrogens (tertiary/aromatic N) is 1. The summed E-state index contributed by atoms with van der Waals surface area (Å²) in [4.78, 5) is 15.0. The van der Waals surface area contributed by atoms with Gasteiger partial charge in [0, 0.05) is 12.7 Å². The number of carbonyl (C=O) groups is 1. The van der Waals surface area contributed by atoms with Crippen LogP contribution in [0.3, 0.4) is 0 Å². The zero-order valence-electron chi connectivity index (χ0n) is 18.3. The van der Waals surface area contributed by atoms with Gasteiger partial charge in [-0.05, 0) is 61.4 Å². The van der Waals surface area contributed by atoms with Crippen molar-refractivity contribution in [3.05, 3.63) is 59.4 Å². The molecule has 1 heterocycles. The molecule has 0 aliphatic heterocycles. The van der Waals surface area contributed by atoms with E-state index in [4.69, 9.17) is 0 Å². The summed E-state index contributed by atoms with van der Waals surface area (Å²) in [6.07, 6.45) is -9.91. The smallest absolute Gasteiger partial charge is 0.350 e. The molecular formula is C22H21F7N2O3S. The van der Waals surface area contributed by atoms with Crippen molar-refractivity contribution in [2.24, 2.45) is 5.41 Å². The van der Waals surface area contributed by atoms with Gasteiger partial charge in [0.25, 0.3) is 5.91 Å². The number of carbonyl (C=O) groups excluding carboxylic acids is 1. The first-order valence-electron chi connectivity index (χ1n) is 10.4. The lowest BCUT2D eigenvalue weighted by Gasteiger charge is -2.40. The number of sulfone groups is 1.